The average molecular weight is 381 g/mol. The quantitative estimate of drug-likeness (QED) is 0.312. The van der Waals surface area contributed by atoms with Gasteiger partial charge in [-0.2, -0.15) is 0 Å². The highest BCUT2D eigenvalue weighted by atomic mass is 16.5. The minimum absolute atomic E-state index is 0.0452. The van der Waals surface area contributed by atoms with Gasteiger partial charge in [0.25, 0.3) is 0 Å². The summed E-state index contributed by atoms with van der Waals surface area (Å²) in [5.41, 5.74) is 5.93. The number of phenols is 1. The van der Waals surface area contributed by atoms with Crippen molar-refractivity contribution in [3.8, 4) is 11.5 Å². The number of esters is 1. The number of hydrogen-bond donors (Lipinski definition) is 4. The van der Waals surface area contributed by atoms with Gasteiger partial charge in [0.15, 0.2) is 0 Å². The summed E-state index contributed by atoms with van der Waals surface area (Å²) in [7, 11) is 2.77. The van der Waals surface area contributed by atoms with Crippen molar-refractivity contribution in [1.82, 2.24) is 5.32 Å². The van der Waals surface area contributed by atoms with Crippen LogP contribution >= 0.6 is 0 Å². The van der Waals surface area contributed by atoms with Crippen molar-refractivity contribution >= 4 is 17.7 Å². The Bertz CT molecular complexity index is 655. The average Bonchev–Trinajstić information content (AvgIpc) is 2.61. The molecule has 0 saturated heterocycles. The van der Waals surface area contributed by atoms with E-state index in [0.29, 0.717) is 30.7 Å². The smallest absolute Gasteiger partial charge is 0.328 e. The summed E-state index contributed by atoms with van der Waals surface area (Å²) >= 11 is 0. The number of nitrogens with one attached hydrogen (secondary N) is 2. The van der Waals surface area contributed by atoms with E-state index in [-0.39, 0.29) is 16.9 Å². The number of hydrogen-bond acceptors (Lipinski definition) is 6. The number of nitrogens with two attached hydrogens (primary N) is 1. The normalized spacial score (nSPS) is 12.2. The van der Waals surface area contributed by atoms with Gasteiger partial charge in [0, 0.05) is 11.6 Å². The van der Waals surface area contributed by atoms with Gasteiger partial charge in [-0.15, -0.1) is 0 Å². The van der Waals surface area contributed by atoms with Crippen LogP contribution in [0, 0.1) is 0 Å². The van der Waals surface area contributed by atoms with Crippen molar-refractivity contribution in [3.63, 3.8) is 0 Å². The van der Waals surface area contributed by atoms with E-state index in [1.807, 2.05) is 20.8 Å². The second kappa shape index (κ2) is 10.0. The minimum Gasteiger partial charge on any atom is -0.505 e. The van der Waals surface area contributed by atoms with Crippen LogP contribution in [0.4, 0.5) is 10.5 Å². The fraction of sp³-hybridized carbons (Fsp3) is 0.579. The maximum Gasteiger partial charge on any atom is 0.328 e. The molecule has 0 aliphatic carbocycles. The third-order valence-corrected chi connectivity index (χ3v) is 4.11. The van der Waals surface area contributed by atoms with Gasteiger partial charge in [0.2, 0.25) is 0 Å². The lowest BCUT2D eigenvalue weighted by molar-refractivity contribution is -0.143. The molecule has 8 heteroatoms. The molecule has 1 rings (SSSR count). The van der Waals surface area contributed by atoms with Crippen molar-refractivity contribution < 1.29 is 24.2 Å². The van der Waals surface area contributed by atoms with Gasteiger partial charge in [0.1, 0.15) is 17.5 Å². The molecule has 0 spiro atoms. The molecule has 27 heavy (non-hydrogen) atoms. The fourth-order valence-electron chi connectivity index (χ4n) is 2.59. The molecule has 1 aromatic carbocycles. The van der Waals surface area contributed by atoms with E-state index >= 15 is 0 Å². The van der Waals surface area contributed by atoms with Crippen LogP contribution in [0.2, 0.25) is 0 Å². The lowest BCUT2D eigenvalue weighted by atomic mass is 9.86. The molecule has 0 aliphatic rings. The Labute approximate surface area is 160 Å². The summed E-state index contributed by atoms with van der Waals surface area (Å²) < 4.78 is 10.00. The van der Waals surface area contributed by atoms with Gasteiger partial charge in [-0.05, 0) is 37.3 Å². The van der Waals surface area contributed by atoms with Crippen LogP contribution in [0.25, 0.3) is 0 Å². The number of methoxy groups -OCH3 is 2. The number of rotatable bonds is 8. The molecule has 2 amide bonds. The molecule has 0 aliphatic heterocycles. The Morgan fingerprint density at radius 2 is 1.89 bits per heavy atom. The summed E-state index contributed by atoms with van der Waals surface area (Å²) in [5, 5.41) is 15.7. The zero-order valence-electron chi connectivity index (χ0n) is 16.7. The summed E-state index contributed by atoms with van der Waals surface area (Å²) in [6.45, 7) is 6.33. The van der Waals surface area contributed by atoms with E-state index in [0.717, 1.165) is 6.42 Å². The summed E-state index contributed by atoms with van der Waals surface area (Å²) in [4.78, 5) is 24.3. The molecular formula is C19H31N3O5. The number of anilines is 1. The molecule has 0 fully saturated rings. The monoisotopic (exact) mass is 381 g/mol. The third-order valence-electron chi connectivity index (χ3n) is 4.11. The molecule has 0 saturated carbocycles. The van der Waals surface area contributed by atoms with Crippen molar-refractivity contribution in [2.75, 3.05) is 26.1 Å². The third kappa shape index (κ3) is 6.63. The molecule has 0 radical (unpaired) electrons. The SMILES string of the molecule is COC(=O)[C@H](CCCCN)NC(=O)Nc1cc(OC)cc(C(C)(C)C)c1O. The Balaban J connectivity index is 2.98. The second-order valence-corrected chi connectivity index (χ2v) is 7.28. The van der Waals surface area contributed by atoms with Gasteiger partial charge in [0.05, 0.1) is 19.9 Å². The molecule has 0 heterocycles. The van der Waals surface area contributed by atoms with Crippen LogP contribution in [0.15, 0.2) is 12.1 Å². The Morgan fingerprint density at radius 1 is 1.22 bits per heavy atom. The number of phenolic OH excluding ortho intramolecular Hbond substituents is 1. The number of carbonyl (C=O) groups is 2. The molecule has 8 nitrogen and oxygen atoms in total. The van der Waals surface area contributed by atoms with E-state index in [1.165, 1.54) is 20.3 Å². The predicted molar refractivity (Wildman–Crippen MR) is 104 cm³/mol. The molecule has 0 aromatic heterocycles. The van der Waals surface area contributed by atoms with Gasteiger partial charge < -0.3 is 30.9 Å². The molecule has 0 unspecified atom stereocenters. The number of unbranched alkanes of at least 4 members (excludes halogenated alkanes) is 1. The van der Waals surface area contributed by atoms with Crippen LogP contribution < -0.4 is 21.1 Å². The summed E-state index contributed by atoms with van der Waals surface area (Å²) in [6.07, 6.45) is 1.83. The van der Waals surface area contributed by atoms with E-state index in [1.54, 1.807) is 6.07 Å². The number of ether oxygens (including phenoxy) is 2. The van der Waals surface area contributed by atoms with Crippen LogP contribution in [-0.2, 0) is 14.9 Å². The Hall–Kier alpha value is -2.48. The number of aromatic hydroxyl groups is 1. The lowest BCUT2D eigenvalue weighted by Crippen LogP contribution is -2.43. The standard InChI is InChI=1S/C19H31N3O5/c1-19(2,3)13-10-12(26-4)11-15(16(13)23)22-18(25)21-14(17(24)27-5)8-6-7-9-20/h10-11,14,23H,6-9,20H2,1-5H3,(H2,21,22,25)/t14-/m0/s1. The summed E-state index contributed by atoms with van der Waals surface area (Å²) in [6, 6.07) is 1.83. The lowest BCUT2D eigenvalue weighted by Gasteiger charge is -2.23. The zero-order chi connectivity index (χ0) is 20.6. The number of benzene rings is 1. The van der Waals surface area contributed by atoms with E-state index < -0.39 is 18.0 Å². The molecule has 1 aromatic rings. The van der Waals surface area contributed by atoms with Crippen LogP contribution in [0.1, 0.15) is 45.6 Å². The predicted octanol–water partition coefficient (Wildman–Crippen LogP) is 2.49. The highest BCUT2D eigenvalue weighted by Gasteiger charge is 2.24. The van der Waals surface area contributed by atoms with E-state index in [4.69, 9.17) is 15.2 Å². The fourth-order valence-corrected chi connectivity index (χ4v) is 2.59. The number of urea groups is 1. The van der Waals surface area contributed by atoms with Gasteiger partial charge in [-0.25, -0.2) is 9.59 Å². The van der Waals surface area contributed by atoms with Gasteiger partial charge >= 0.3 is 12.0 Å². The van der Waals surface area contributed by atoms with Crippen LogP contribution in [0.3, 0.4) is 0 Å². The van der Waals surface area contributed by atoms with Crippen molar-refractivity contribution in [2.24, 2.45) is 5.73 Å². The van der Waals surface area contributed by atoms with E-state index in [2.05, 4.69) is 10.6 Å². The molecule has 0 bridgehead atoms. The topological polar surface area (TPSA) is 123 Å². The first-order valence-corrected chi connectivity index (χ1v) is 8.91. The van der Waals surface area contributed by atoms with Crippen molar-refractivity contribution in [3.05, 3.63) is 17.7 Å². The van der Waals surface area contributed by atoms with Crippen molar-refractivity contribution in [2.45, 2.75) is 51.5 Å². The second-order valence-electron chi connectivity index (χ2n) is 7.28. The molecule has 5 N–H and O–H groups in total. The first kappa shape index (κ1) is 22.6. The van der Waals surface area contributed by atoms with E-state index in [9.17, 15) is 14.7 Å². The first-order valence-electron chi connectivity index (χ1n) is 8.91. The number of carbonyl (C=O) groups excluding carboxylic acids is 2. The highest BCUT2D eigenvalue weighted by molar-refractivity contribution is 5.94. The molecular weight excluding hydrogens is 350 g/mol. The maximum absolute atomic E-state index is 12.4. The molecule has 1 atom stereocenters. The zero-order valence-corrected chi connectivity index (χ0v) is 16.7. The van der Waals surface area contributed by atoms with Gasteiger partial charge in [-0.1, -0.05) is 20.8 Å². The Kier molecular flexibility index (Phi) is 8.36. The van der Waals surface area contributed by atoms with Crippen molar-refractivity contribution in [1.29, 1.82) is 0 Å². The van der Waals surface area contributed by atoms with Crippen LogP contribution in [0.5, 0.6) is 11.5 Å². The Morgan fingerprint density at radius 3 is 2.41 bits per heavy atom. The largest absolute Gasteiger partial charge is 0.505 e. The minimum atomic E-state index is -0.795. The summed E-state index contributed by atoms with van der Waals surface area (Å²) in [5.74, 6) is -0.0795. The first-order chi connectivity index (χ1) is 12.6. The van der Waals surface area contributed by atoms with Crippen LogP contribution in [-0.4, -0.2) is 43.9 Å². The maximum atomic E-state index is 12.4. The van der Waals surface area contributed by atoms with Gasteiger partial charge in [-0.3, -0.25) is 0 Å². The highest BCUT2D eigenvalue weighted by Crippen LogP contribution is 2.39. The molecule has 152 valence electrons. The number of amides is 2.